The molecule has 2 heterocycles. The number of carbonyl (C=O) groups is 1. The normalized spacial score (nSPS) is 20.1. The average Bonchev–Trinajstić information content (AvgIpc) is 2.81. The molecule has 0 fully saturated rings. The first-order chi connectivity index (χ1) is 8.16. The van der Waals surface area contributed by atoms with Crippen molar-refractivity contribution in [3.8, 4) is 0 Å². The van der Waals surface area contributed by atoms with Crippen LogP contribution in [0.3, 0.4) is 0 Å². The van der Waals surface area contributed by atoms with Crippen molar-refractivity contribution in [1.82, 2.24) is 0 Å². The maximum atomic E-state index is 11.3. The SMILES string of the molecule is O=C1O[C@@H](O)C(c2cc3ccccc3s2)=C1Br. The van der Waals surface area contributed by atoms with Crippen LogP contribution in [0.4, 0.5) is 0 Å². The molecular weight excluding hydrogens is 304 g/mol. The number of fused-ring (bicyclic) bond motifs is 1. The highest BCUT2D eigenvalue weighted by Crippen LogP contribution is 2.39. The smallest absolute Gasteiger partial charge is 0.348 e. The quantitative estimate of drug-likeness (QED) is 0.824. The summed E-state index contributed by atoms with van der Waals surface area (Å²) in [4.78, 5) is 12.1. The van der Waals surface area contributed by atoms with Crippen LogP contribution < -0.4 is 0 Å². The van der Waals surface area contributed by atoms with E-state index in [0.29, 0.717) is 10.1 Å². The summed E-state index contributed by atoms with van der Waals surface area (Å²) in [6, 6.07) is 9.85. The van der Waals surface area contributed by atoms with Gasteiger partial charge < -0.3 is 9.84 Å². The summed E-state index contributed by atoms with van der Waals surface area (Å²) in [6.45, 7) is 0. The van der Waals surface area contributed by atoms with E-state index in [1.165, 1.54) is 11.3 Å². The Hall–Kier alpha value is -1.17. The van der Waals surface area contributed by atoms with Gasteiger partial charge in [0.05, 0.1) is 5.57 Å². The first kappa shape index (κ1) is 11.0. The molecule has 0 aliphatic carbocycles. The van der Waals surface area contributed by atoms with Gasteiger partial charge >= 0.3 is 5.97 Å². The molecule has 1 aliphatic heterocycles. The van der Waals surface area contributed by atoms with Crippen molar-refractivity contribution >= 4 is 48.9 Å². The summed E-state index contributed by atoms with van der Waals surface area (Å²) in [5.74, 6) is -0.523. The van der Waals surface area contributed by atoms with E-state index < -0.39 is 12.3 Å². The van der Waals surface area contributed by atoms with Gasteiger partial charge in [-0.15, -0.1) is 11.3 Å². The lowest BCUT2D eigenvalue weighted by atomic mass is 10.2. The highest BCUT2D eigenvalue weighted by Gasteiger charge is 2.33. The fraction of sp³-hybridized carbons (Fsp3) is 0.0833. The first-order valence-electron chi connectivity index (χ1n) is 4.94. The van der Waals surface area contributed by atoms with Gasteiger partial charge in [0, 0.05) is 9.58 Å². The second-order valence-electron chi connectivity index (χ2n) is 3.63. The molecule has 1 atom stereocenters. The van der Waals surface area contributed by atoms with Gasteiger partial charge in [-0.05, 0) is 33.4 Å². The summed E-state index contributed by atoms with van der Waals surface area (Å²) in [5.41, 5.74) is 0.510. The van der Waals surface area contributed by atoms with Gasteiger partial charge in [-0.3, -0.25) is 0 Å². The zero-order valence-corrected chi connectivity index (χ0v) is 10.9. The third-order valence-corrected chi connectivity index (χ3v) is 4.47. The number of carbonyl (C=O) groups excluding carboxylic acids is 1. The lowest BCUT2D eigenvalue weighted by Crippen LogP contribution is -2.08. The Morgan fingerprint density at radius 2 is 2.12 bits per heavy atom. The molecule has 17 heavy (non-hydrogen) atoms. The molecule has 1 N–H and O–H groups in total. The predicted octanol–water partition coefficient (Wildman–Crippen LogP) is 2.88. The van der Waals surface area contributed by atoms with Crippen LogP contribution in [0.5, 0.6) is 0 Å². The van der Waals surface area contributed by atoms with Gasteiger partial charge in [0.15, 0.2) is 0 Å². The third kappa shape index (κ3) is 1.71. The Morgan fingerprint density at radius 3 is 2.76 bits per heavy atom. The van der Waals surface area contributed by atoms with Crippen molar-refractivity contribution in [3.05, 3.63) is 39.7 Å². The number of esters is 1. The number of cyclic esters (lactones) is 1. The molecule has 5 heteroatoms. The number of aliphatic hydroxyl groups is 1. The molecule has 0 saturated heterocycles. The van der Waals surface area contributed by atoms with E-state index in [1.54, 1.807) is 0 Å². The molecule has 0 saturated carbocycles. The minimum absolute atomic E-state index is 0.302. The van der Waals surface area contributed by atoms with Crippen molar-refractivity contribution in [3.63, 3.8) is 0 Å². The minimum Gasteiger partial charge on any atom is -0.427 e. The van der Waals surface area contributed by atoms with Crippen LogP contribution in [0.2, 0.25) is 0 Å². The fourth-order valence-corrected chi connectivity index (χ4v) is 3.54. The minimum atomic E-state index is -1.18. The van der Waals surface area contributed by atoms with E-state index in [0.717, 1.165) is 15.0 Å². The highest BCUT2D eigenvalue weighted by atomic mass is 79.9. The maximum Gasteiger partial charge on any atom is 0.348 e. The van der Waals surface area contributed by atoms with E-state index in [2.05, 4.69) is 15.9 Å². The molecule has 2 aromatic rings. The van der Waals surface area contributed by atoms with Crippen LogP contribution in [0.1, 0.15) is 4.88 Å². The van der Waals surface area contributed by atoms with Crippen molar-refractivity contribution in [2.24, 2.45) is 0 Å². The van der Waals surface area contributed by atoms with E-state index in [4.69, 9.17) is 4.74 Å². The van der Waals surface area contributed by atoms with Crippen LogP contribution in [-0.2, 0) is 9.53 Å². The Morgan fingerprint density at radius 1 is 1.35 bits per heavy atom. The highest BCUT2D eigenvalue weighted by molar-refractivity contribution is 9.12. The average molecular weight is 311 g/mol. The largest absolute Gasteiger partial charge is 0.427 e. The molecule has 1 aromatic heterocycles. The second kappa shape index (κ2) is 3.94. The number of aliphatic hydroxyl groups excluding tert-OH is 1. The zero-order chi connectivity index (χ0) is 12.0. The van der Waals surface area contributed by atoms with Gasteiger partial charge in [0.25, 0.3) is 0 Å². The molecule has 1 aromatic carbocycles. The second-order valence-corrected chi connectivity index (χ2v) is 5.51. The number of halogens is 1. The molecule has 0 amide bonds. The molecule has 0 spiro atoms. The molecule has 0 bridgehead atoms. The monoisotopic (exact) mass is 310 g/mol. The summed E-state index contributed by atoms with van der Waals surface area (Å²) >= 11 is 4.68. The Balaban J connectivity index is 2.19. The van der Waals surface area contributed by atoms with Crippen LogP contribution in [0.15, 0.2) is 34.8 Å². The topological polar surface area (TPSA) is 46.5 Å². The molecule has 0 unspecified atom stereocenters. The number of hydrogen-bond donors (Lipinski definition) is 1. The van der Waals surface area contributed by atoms with Crippen LogP contribution >= 0.6 is 27.3 Å². The number of hydrogen-bond acceptors (Lipinski definition) is 4. The first-order valence-corrected chi connectivity index (χ1v) is 6.55. The third-order valence-electron chi connectivity index (χ3n) is 2.57. The lowest BCUT2D eigenvalue weighted by Gasteiger charge is -2.03. The summed E-state index contributed by atoms with van der Waals surface area (Å²) < 4.78 is 6.15. The van der Waals surface area contributed by atoms with Gasteiger partial charge in [0.1, 0.15) is 4.48 Å². The zero-order valence-electron chi connectivity index (χ0n) is 8.51. The van der Waals surface area contributed by atoms with Crippen LogP contribution in [0, 0.1) is 0 Å². The molecule has 3 nitrogen and oxygen atoms in total. The standard InChI is InChI=1S/C12H7BrO3S/c13-10-9(11(14)16-12(10)15)8-5-6-3-1-2-4-7(6)17-8/h1-5,11,14H/t11-/m1/s1. The molecular formula is C12H7BrO3S. The van der Waals surface area contributed by atoms with E-state index in [1.807, 2.05) is 30.3 Å². The van der Waals surface area contributed by atoms with Crippen molar-refractivity contribution in [2.75, 3.05) is 0 Å². The fourth-order valence-electron chi connectivity index (χ4n) is 1.77. The van der Waals surface area contributed by atoms with Gasteiger partial charge in [-0.25, -0.2) is 4.79 Å². The molecule has 0 radical (unpaired) electrons. The lowest BCUT2D eigenvalue weighted by molar-refractivity contribution is -0.149. The van der Waals surface area contributed by atoms with E-state index in [9.17, 15) is 9.90 Å². The van der Waals surface area contributed by atoms with Gasteiger partial charge in [0.2, 0.25) is 6.29 Å². The predicted molar refractivity (Wildman–Crippen MR) is 69.8 cm³/mol. The summed E-state index contributed by atoms with van der Waals surface area (Å²) in [5, 5.41) is 10.8. The number of thiophene rings is 1. The van der Waals surface area contributed by atoms with Crippen LogP contribution in [0.25, 0.3) is 15.7 Å². The van der Waals surface area contributed by atoms with Crippen LogP contribution in [-0.4, -0.2) is 17.4 Å². The van der Waals surface area contributed by atoms with Gasteiger partial charge in [-0.2, -0.15) is 0 Å². The van der Waals surface area contributed by atoms with Crippen molar-refractivity contribution in [1.29, 1.82) is 0 Å². The molecule has 3 rings (SSSR count). The summed E-state index contributed by atoms with van der Waals surface area (Å²) in [6.07, 6.45) is -1.18. The molecule has 1 aliphatic rings. The Bertz CT molecular complexity index is 611. The van der Waals surface area contributed by atoms with Crippen molar-refractivity contribution in [2.45, 2.75) is 6.29 Å². The number of rotatable bonds is 1. The van der Waals surface area contributed by atoms with E-state index in [-0.39, 0.29) is 0 Å². The Kier molecular flexibility index (Phi) is 2.54. The summed E-state index contributed by atoms with van der Waals surface area (Å²) in [7, 11) is 0. The van der Waals surface area contributed by atoms with E-state index >= 15 is 0 Å². The van der Waals surface area contributed by atoms with Gasteiger partial charge in [-0.1, -0.05) is 18.2 Å². The Labute approximate surface area is 109 Å². The molecule has 86 valence electrons. The maximum absolute atomic E-state index is 11.3. The number of benzene rings is 1. The number of ether oxygens (including phenoxy) is 1. The van der Waals surface area contributed by atoms with Crippen molar-refractivity contribution < 1.29 is 14.6 Å².